The predicted molar refractivity (Wildman–Crippen MR) is 159 cm³/mol. The molecule has 1 heterocycles. The van der Waals surface area contributed by atoms with E-state index >= 15 is 0 Å². The van der Waals surface area contributed by atoms with Gasteiger partial charge in [-0.2, -0.15) is 0 Å². The summed E-state index contributed by atoms with van der Waals surface area (Å²) in [4.78, 5) is 0. The molecule has 34 heavy (non-hydrogen) atoms. The molecule has 0 aromatic rings. The Hall–Kier alpha value is 0.708. The van der Waals surface area contributed by atoms with Crippen molar-refractivity contribution in [3.63, 3.8) is 0 Å². The second-order valence-electron chi connectivity index (χ2n) is 11.9. The van der Waals surface area contributed by atoms with Gasteiger partial charge in [-0.3, -0.25) is 0 Å². The standard InChI is InChI=1S/C26H60O4Si4/c1-8-9-10-11-12-13-14-15-16-17-18-20-24-34(7)29-32(4,5)28-22-19-21-23-33(6,30-34)25-26(2)31-27-3/h26H,8-25,31H2,1-7H3. The van der Waals surface area contributed by atoms with Crippen LogP contribution in [0.2, 0.25) is 49.9 Å². The first-order valence-corrected chi connectivity index (χ1v) is 24.2. The van der Waals surface area contributed by atoms with E-state index in [1.165, 1.54) is 95.6 Å². The van der Waals surface area contributed by atoms with Crippen molar-refractivity contribution >= 4 is 35.2 Å². The van der Waals surface area contributed by atoms with Crippen LogP contribution in [-0.4, -0.2) is 48.9 Å². The Labute approximate surface area is 219 Å². The summed E-state index contributed by atoms with van der Waals surface area (Å²) < 4.78 is 26.0. The molecular weight excluding hydrogens is 489 g/mol. The fourth-order valence-electron chi connectivity index (χ4n) is 5.67. The summed E-state index contributed by atoms with van der Waals surface area (Å²) in [6, 6.07) is 3.61. The van der Waals surface area contributed by atoms with E-state index < -0.39 is 35.2 Å². The highest BCUT2D eigenvalue weighted by Crippen LogP contribution is 2.35. The molecular formula is C26H60O4Si4. The van der Waals surface area contributed by atoms with Gasteiger partial charge >= 0.3 is 17.1 Å². The smallest absolute Gasteiger partial charge is 0.322 e. The highest BCUT2D eigenvalue weighted by Gasteiger charge is 2.46. The van der Waals surface area contributed by atoms with Gasteiger partial charge in [0.15, 0.2) is 18.1 Å². The van der Waals surface area contributed by atoms with Gasteiger partial charge in [0.2, 0.25) is 0 Å². The Morgan fingerprint density at radius 2 is 1.35 bits per heavy atom. The van der Waals surface area contributed by atoms with Gasteiger partial charge in [0, 0.05) is 13.7 Å². The van der Waals surface area contributed by atoms with Crippen molar-refractivity contribution < 1.29 is 17.1 Å². The quantitative estimate of drug-likeness (QED) is 0.135. The molecule has 1 rings (SSSR count). The van der Waals surface area contributed by atoms with Crippen LogP contribution in [0.1, 0.15) is 104 Å². The molecule has 1 aliphatic rings. The molecule has 0 bridgehead atoms. The van der Waals surface area contributed by atoms with Crippen LogP contribution in [0, 0.1) is 0 Å². The van der Waals surface area contributed by atoms with E-state index in [9.17, 15) is 0 Å². The molecule has 3 unspecified atom stereocenters. The molecule has 0 aromatic carbocycles. The molecule has 0 saturated carbocycles. The van der Waals surface area contributed by atoms with Crippen LogP contribution in [0.4, 0.5) is 0 Å². The average Bonchev–Trinajstić information content (AvgIpc) is 2.73. The molecule has 0 aliphatic carbocycles. The Morgan fingerprint density at radius 1 is 0.794 bits per heavy atom. The third-order valence-electron chi connectivity index (χ3n) is 7.19. The maximum absolute atomic E-state index is 7.23. The lowest BCUT2D eigenvalue weighted by Crippen LogP contribution is -2.56. The second kappa shape index (κ2) is 18.0. The molecule has 0 spiro atoms. The van der Waals surface area contributed by atoms with Crippen molar-refractivity contribution in [3.05, 3.63) is 0 Å². The third kappa shape index (κ3) is 15.7. The Kier molecular flexibility index (Phi) is 17.4. The molecule has 1 aliphatic heterocycles. The van der Waals surface area contributed by atoms with Crippen LogP contribution in [0.25, 0.3) is 0 Å². The maximum Gasteiger partial charge on any atom is 0.322 e. The molecule has 0 N–H and O–H groups in total. The molecule has 8 heteroatoms. The van der Waals surface area contributed by atoms with Crippen LogP contribution < -0.4 is 0 Å². The summed E-state index contributed by atoms with van der Waals surface area (Å²) >= 11 is 0. The lowest BCUT2D eigenvalue weighted by Gasteiger charge is -2.43. The van der Waals surface area contributed by atoms with E-state index in [0.717, 1.165) is 19.1 Å². The minimum absolute atomic E-state index is 0.454. The van der Waals surface area contributed by atoms with Gasteiger partial charge in [0.05, 0.1) is 0 Å². The summed E-state index contributed by atoms with van der Waals surface area (Å²) in [5, 5.41) is 0. The topological polar surface area (TPSA) is 36.9 Å². The first-order chi connectivity index (χ1) is 16.1. The van der Waals surface area contributed by atoms with Crippen molar-refractivity contribution in [2.24, 2.45) is 0 Å². The molecule has 1 saturated heterocycles. The fraction of sp³-hybridized carbons (Fsp3) is 1.00. The normalized spacial score (nSPS) is 27.3. The van der Waals surface area contributed by atoms with Gasteiger partial charge in [0.1, 0.15) is 0 Å². The maximum atomic E-state index is 7.23. The zero-order valence-electron chi connectivity index (χ0n) is 24.1. The van der Waals surface area contributed by atoms with Gasteiger partial charge in [-0.25, -0.2) is 0 Å². The summed E-state index contributed by atoms with van der Waals surface area (Å²) in [6.45, 7) is 14.8. The van der Waals surface area contributed by atoms with Gasteiger partial charge < -0.3 is 17.1 Å². The molecule has 0 aromatic heterocycles. The van der Waals surface area contributed by atoms with Gasteiger partial charge in [-0.1, -0.05) is 97.3 Å². The molecule has 0 radical (unpaired) electrons. The first kappa shape index (κ1) is 32.7. The Balaban J connectivity index is 2.51. The van der Waals surface area contributed by atoms with Crippen molar-refractivity contribution in [3.8, 4) is 0 Å². The van der Waals surface area contributed by atoms with E-state index in [0.29, 0.717) is 5.54 Å². The third-order valence-corrected chi connectivity index (χ3v) is 21.5. The first-order valence-electron chi connectivity index (χ1n) is 14.7. The van der Waals surface area contributed by atoms with Gasteiger partial charge in [-0.05, 0) is 56.3 Å². The van der Waals surface area contributed by atoms with Crippen LogP contribution in [-0.2, 0) is 17.1 Å². The minimum Gasteiger partial charge on any atom is -0.436 e. The van der Waals surface area contributed by atoms with Crippen LogP contribution in [0.5, 0.6) is 0 Å². The number of hydrogen-bond donors (Lipinski definition) is 0. The van der Waals surface area contributed by atoms with E-state index in [4.69, 9.17) is 17.1 Å². The SMILES string of the molecule is CCCCCCCCCCCCCC[Si]1(C)O[Si](C)(CC(C)[SiH2]OC)CCCCO[Si](C)(C)O1. The number of rotatable bonds is 17. The van der Waals surface area contributed by atoms with Crippen molar-refractivity contribution in [1.82, 2.24) is 0 Å². The molecule has 3 atom stereocenters. The van der Waals surface area contributed by atoms with Crippen LogP contribution in [0.3, 0.4) is 0 Å². The van der Waals surface area contributed by atoms with Crippen LogP contribution >= 0.6 is 0 Å². The zero-order chi connectivity index (χ0) is 25.3. The van der Waals surface area contributed by atoms with E-state index in [1.807, 2.05) is 7.11 Å². The summed E-state index contributed by atoms with van der Waals surface area (Å²) in [5.41, 5.74) is 0.691. The lowest BCUT2D eigenvalue weighted by atomic mass is 10.1. The zero-order valence-corrected chi connectivity index (χ0v) is 28.6. The summed E-state index contributed by atoms with van der Waals surface area (Å²) in [6.07, 6.45) is 19.0. The van der Waals surface area contributed by atoms with Crippen molar-refractivity contribution in [2.45, 2.75) is 154 Å². The van der Waals surface area contributed by atoms with E-state index in [2.05, 4.69) is 40.0 Å². The molecule has 1 fully saturated rings. The number of hydrogen-bond acceptors (Lipinski definition) is 4. The fourth-order valence-corrected chi connectivity index (χ4v) is 23.4. The molecule has 4 nitrogen and oxygen atoms in total. The largest absolute Gasteiger partial charge is 0.436 e. The van der Waals surface area contributed by atoms with Gasteiger partial charge in [-0.15, -0.1) is 0 Å². The second-order valence-corrected chi connectivity index (χ2v) is 25.5. The molecule has 0 amide bonds. The van der Waals surface area contributed by atoms with Crippen molar-refractivity contribution in [1.29, 1.82) is 0 Å². The summed E-state index contributed by atoms with van der Waals surface area (Å²) in [5.74, 6) is 0. The Bertz CT molecular complexity index is 511. The minimum atomic E-state index is -2.26. The van der Waals surface area contributed by atoms with E-state index in [1.54, 1.807) is 0 Å². The summed E-state index contributed by atoms with van der Waals surface area (Å²) in [7, 11) is -4.79. The number of unbranched alkanes of at least 4 members (excludes halogenated alkanes) is 11. The monoisotopic (exact) mass is 548 g/mol. The highest BCUT2D eigenvalue weighted by molar-refractivity contribution is 6.87. The van der Waals surface area contributed by atoms with E-state index in [-0.39, 0.29) is 0 Å². The highest BCUT2D eigenvalue weighted by atomic mass is 28.5. The van der Waals surface area contributed by atoms with Gasteiger partial charge in [0.25, 0.3) is 0 Å². The average molecular weight is 549 g/mol. The molecule has 204 valence electrons. The van der Waals surface area contributed by atoms with Crippen molar-refractivity contribution in [2.75, 3.05) is 13.7 Å². The Morgan fingerprint density at radius 3 is 1.91 bits per heavy atom. The van der Waals surface area contributed by atoms with Crippen LogP contribution in [0.15, 0.2) is 0 Å². The lowest BCUT2D eigenvalue weighted by molar-refractivity contribution is 0.218. The predicted octanol–water partition coefficient (Wildman–Crippen LogP) is 8.42.